The van der Waals surface area contributed by atoms with Crippen LogP contribution in [0.5, 0.6) is 5.75 Å². The minimum Gasteiger partial charge on any atom is -0.496 e. The predicted molar refractivity (Wildman–Crippen MR) is 153 cm³/mol. The summed E-state index contributed by atoms with van der Waals surface area (Å²) < 4.78 is 46.5. The van der Waals surface area contributed by atoms with Gasteiger partial charge in [0.15, 0.2) is 0 Å². The largest absolute Gasteiger partial charge is 0.496 e. The third-order valence-electron chi connectivity index (χ3n) is 7.75. The van der Waals surface area contributed by atoms with E-state index in [9.17, 15) is 18.4 Å². The van der Waals surface area contributed by atoms with Crippen molar-refractivity contribution in [1.82, 2.24) is 34.8 Å². The number of nitrogens with zero attached hydrogens (tertiary/aromatic N) is 7. The molecule has 1 aliphatic heterocycles. The van der Waals surface area contributed by atoms with E-state index < -0.39 is 12.6 Å². The second-order valence-electron chi connectivity index (χ2n) is 10.4. The number of fused-ring (bicyclic) bond motifs is 2. The number of ether oxygens (including phenoxy) is 1. The highest BCUT2D eigenvalue weighted by atomic mass is 32.1. The monoisotopic (exact) mass is 595 g/mol. The summed E-state index contributed by atoms with van der Waals surface area (Å²) in [6, 6.07) is 7.89. The first-order valence-corrected chi connectivity index (χ1v) is 14.3. The molecule has 0 radical (unpaired) electrons. The first-order valence-electron chi connectivity index (χ1n) is 13.5. The maximum absolute atomic E-state index is 12.9. The van der Waals surface area contributed by atoms with E-state index in [1.165, 1.54) is 6.33 Å². The SMILES string of the molecule is COc1cc2c(cc(C#N)n2Cc2c[nH]nn2)c(C)c1CN1CCC(Nc2ncnc3sc(CC(F)(F)F)cc23)CC1. The third-order valence-corrected chi connectivity index (χ3v) is 8.79. The van der Waals surface area contributed by atoms with E-state index in [0.717, 1.165) is 70.7 Å². The Morgan fingerprint density at radius 1 is 1.17 bits per heavy atom. The number of halogens is 3. The number of nitriles is 1. The molecule has 1 aromatic carbocycles. The molecule has 1 saturated heterocycles. The quantitative estimate of drug-likeness (QED) is 0.252. The number of thiophene rings is 1. The van der Waals surface area contributed by atoms with E-state index in [1.54, 1.807) is 19.4 Å². The summed E-state index contributed by atoms with van der Waals surface area (Å²) in [5.41, 5.74) is 4.31. The van der Waals surface area contributed by atoms with Gasteiger partial charge in [0.2, 0.25) is 0 Å². The molecule has 2 N–H and O–H groups in total. The zero-order valence-electron chi connectivity index (χ0n) is 23.0. The molecule has 0 atom stereocenters. The van der Waals surface area contributed by atoms with E-state index in [-0.39, 0.29) is 10.9 Å². The summed E-state index contributed by atoms with van der Waals surface area (Å²) in [6.07, 6.45) is -0.425. The highest BCUT2D eigenvalue weighted by Crippen LogP contribution is 2.36. The highest BCUT2D eigenvalue weighted by molar-refractivity contribution is 7.18. The molecule has 1 aliphatic rings. The van der Waals surface area contributed by atoms with E-state index in [4.69, 9.17) is 4.74 Å². The van der Waals surface area contributed by atoms with Crippen molar-refractivity contribution < 1.29 is 17.9 Å². The summed E-state index contributed by atoms with van der Waals surface area (Å²) in [5.74, 6) is 1.34. The van der Waals surface area contributed by atoms with E-state index in [2.05, 4.69) is 48.6 Å². The van der Waals surface area contributed by atoms with Crippen molar-refractivity contribution in [3.05, 3.63) is 58.1 Å². The lowest BCUT2D eigenvalue weighted by molar-refractivity contribution is -0.126. The number of benzene rings is 1. The van der Waals surface area contributed by atoms with Gasteiger partial charge in [-0.1, -0.05) is 5.21 Å². The van der Waals surface area contributed by atoms with Gasteiger partial charge in [-0.3, -0.25) is 10.00 Å². The van der Waals surface area contributed by atoms with Crippen molar-refractivity contribution in [1.29, 1.82) is 5.26 Å². The fourth-order valence-corrected chi connectivity index (χ4v) is 6.67. The normalized spacial score (nSPS) is 15.0. The van der Waals surface area contributed by atoms with Crippen molar-refractivity contribution in [2.24, 2.45) is 0 Å². The van der Waals surface area contributed by atoms with Gasteiger partial charge in [0.25, 0.3) is 0 Å². The van der Waals surface area contributed by atoms with Crippen LogP contribution < -0.4 is 10.1 Å². The zero-order valence-corrected chi connectivity index (χ0v) is 23.8. The molecule has 0 saturated carbocycles. The lowest BCUT2D eigenvalue weighted by Crippen LogP contribution is -2.39. The summed E-state index contributed by atoms with van der Waals surface area (Å²) in [5, 5.41) is 25.5. The molecule has 1 fully saturated rings. The van der Waals surface area contributed by atoms with Gasteiger partial charge >= 0.3 is 6.18 Å². The molecular weight excluding hydrogens is 567 g/mol. The Morgan fingerprint density at radius 3 is 2.67 bits per heavy atom. The molecule has 14 heteroatoms. The fourth-order valence-electron chi connectivity index (χ4n) is 5.64. The Hall–Kier alpha value is -4.22. The Labute approximate surface area is 243 Å². The summed E-state index contributed by atoms with van der Waals surface area (Å²) >= 11 is 1.05. The number of H-pyrrole nitrogens is 1. The molecule has 0 unspecified atom stereocenters. The van der Waals surface area contributed by atoms with Crippen LogP contribution in [0.1, 0.15) is 40.2 Å². The van der Waals surface area contributed by atoms with Crippen LogP contribution in [0.2, 0.25) is 0 Å². The van der Waals surface area contributed by atoms with Gasteiger partial charge in [-0.25, -0.2) is 9.97 Å². The molecule has 218 valence electrons. The standard InChI is InChI=1S/C28H28F3N9OS/c1-16-21-7-19(11-32)40(13-18-12-35-38-37-18)24(21)9-25(41-2)23(16)14-39-5-3-17(4-6-39)36-26-22-8-20(10-28(29,30)31)42-27(22)34-15-33-26/h7-9,12,15,17H,3-6,10,13-14H2,1-2H3,(H,33,34,36)(H,35,37,38). The molecule has 42 heavy (non-hydrogen) atoms. The minimum atomic E-state index is -4.26. The first-order chi connectivity index (χ1) is 20.2. The van der Waals surface area contributed by atoms with Gasteiger partial charge in [0, 0.05) is 53.8 Å². The highest BCUT2D eigenvalue weighted by Gasteiger charge is 2.29. The fraction of sp³-hybridized carbons (Fsp3) is 0.393. The molecule has 5 heterocycles. The van der Waals surface area contributed by atoms with Crippen LogP contribution in [0.15, 0.2) is 30.7 Å². The number of aryl methyl sites for hydroxylation is 1. The lowest BCUT2D eigenvalue weighted by atomic mass is 10.00. The average Bonchev–Trinajstić information content (AvgIpc) is 3.70. The number of nitrogens with one attached hydrogen (secondary N) is 2. The van der Waals surface area contributed by atoms with Gasteiger partial charge in [-0.15, -0.1) is 16.4 Å². The molecule has 0 bridgehead atoms. The molecule has 4 aromatic heterocycles. The van der Waals surface area contributed by atoms with Crippen LogP contribution in [0, 0.1) is 18.3 Å². The molecule has 5 aromatic rings. The maximum atomic E-state index is 12.9. The van der Waals surface area contributed by atoms with E-state index in [0.29, 0.717) is 34.8 Å². The number of rotatable bonds is 8. The van der Waals surface area contributed by atoms with Gasteiger partial charge in [0.1, 0.15) is 40.2 Å². The number of hydrogen-bond acceptors (Lipinski definition) is 9. The molecule has 6 rings (SSSR count). The van der Waals surface area contributed by atoms with Crippen molar-refractivity contribution in [3.63, 3.8) is 0 Å². The number of piperidine rings is 1. The molecule has 0 spiro atoms. The second-order valence-corrected chi connectivity index (χ2v) is 11.6. The topological polar surface area (TPSA) is 121 Å². The van der Waals surface area contributed by atoms with Gasteiger partial charge in [-0.2, -0.15) is 18.4 Å². The number of alkyl halides is 3. The smallest absolute Gasteiger partial charge is 0.393 e. The zero-order chi connectivity index (χ0) is 29.4. The second kappa shape index (κ2) is 11.2. The Kier molecular flexibility index (Phi) is 7.46. The minimum absolute atomic E-state index is 0.138. The number of anilines is 1. The van der Waals surface area contributed by atoms with Crippen LogP contribution in [-0.4, -0.2) is 67.3 Å². The number of likely N-dealkylation sites (tertiary alicyclic amines) is 1. The van der Waals surface area contributed by atoms with Crippen LogP contribution >= 0.6 is 11.3 Å². The Balaban J connectivity index is 1.17. The van der Waals surface area contributed by atoms with E-state index >= 15 is 0 Å². The summed E-state index contributed by atoms with van der Waals surface area (Å²) in [7, 11) is 1.66. The summed E-state index contributed by atoms with van der Waals surface area (Å²) in [4.78, 5) is 11.7. The number of aromatic nitrogens is 6. The van der Waals surface area contributed by atoms with Crippen molar-refractivity contribution in [3.8, 4) is 11.8 Å². The molecule has 0 amide bonds. The maximum Gasteiger partial charge on any atom is 0.393 e. The van der Waals surface area contributed by atoms with Gasteiger partial charge in [-0.05, 0) is 37.5 Å². The van der Waals surface area contributed by atoms with Gasteiger partial charge < -0.3 is 14.6 Å². The number of hydrogen-bond donors (Lipinski definition) is 2. The molecule has 0 aliphatic carbocycles. The first kappa shape index (κ1) is 27.9. The van der Waals surface area contributed by atoms with Crippen molar-refractivity contribution in [2.45, 2.75) is 51.5 Å². The number of methoxy groups -OCH3 is 1. The van der Waals surface area contributed by atoms with Crippen molar-refractivity contribution >= 4 is 38.3 Å². The average molecular weight is 596 g/mol. The number of aromatic amines is 1. The van der Waals surface area contributed by atoms with Gasteiger partial charge in [0.05, 0.1) is 31.0 Å². The predicted octanol–water partition coefficient (Wildman–Crippen LogP) is 5.18. The third kappa shape index (κ3) is 5.62. The Bertz CT molecular complexity index is 1760. The van der Waals surface area contributed by atoms with E-state index in [1.807, 2.05) is 16.7 Å². The molecular formula is C28H28F3N9OS. The van der Waals surface area contributed by atoms with Crippen molar-refractivity contribution in [2.75, 3.05) is 25.5 Å². The lowest BCUT2D eigenvalue weighted by Gasteiger charge is -2.33. The molecule has 10 nitrogen and oxygen atoms in total. The van der Waals surface area contributed by atoms with Crippen LogP contribution in [0.4, 0.5) is 19.0 Å². The van der Waals surface area contributed by atoms with Crippen LogP contribution in [0.3, 0.4) is 0 Å². The Morgan fingerprint density at radius 2 is 1.98 bits per heavy atom. The van der Waals surface area contributed by atoms with Crippen LogP contribution in [0.25, 0.3) is 21.1 Å². The summed E-state index contributed by atoms with van der Waals surface area (Å²) in [6.45, 7) is 4.82. The van der Waals surface area contributed by atoms with Crippen LogP contribution in [-0.2, 0) is 19.5 Å².